The van der Waals surface area contributed by atoms with Gasteiger partial charge in [0.15, 0.2) is 0 Å². The van der Waals surface area contributed by atoms with Crippen LogP contribution in [0.5, 0.6) is 0 Å². The van der Waals surface area contributed by atoms with Gasteiger partial charge in [-0.15, -0.1) is 11.8 Å². The minimum Gasteiger partial charge on any atom is -0.377 e. The largest absolute Gasteiger partial charge is 0.377 e. The van der Waals surface area contributed by atoms with Crippen LogP contribution in [0.15, 0.2) is 12.3 Å². The maximum atomic E-state index is 2.94. The first-order chi connectivity index (χ1) is 3.00. The number of hydrogen-bond acceptors (Lipinski definition) is 2. The molecule has 0 aromatic carbocycles. The molecule has 33 valence electrons. The predicted molar refractivity (Wildman–Crippen MR) is 29.0 cm³/mol. The SMILES string of the molecule is [CH]1NC=CCS1. The van der Waals surface area contributed by atoms with Gasteiger partial charge in [0.25, 0.3) is 0 Å². The minimum absolute atomic E-state index is 1.12. The van der Waals surface area contributed by atoms with Crippen LogP contribution in [-0.4, -0.2) is 5.75 Å². The van der Waals surface area contributed by atoms with Crippen molar-refractivity contribution in [1.82, 2.24) is 5.32 Å². The second kappa shape index (κ2) is 2.13. The molecule has 0 saturated heterocycles. The van der Waals surface area contributed by atoms with Crippen LogP contribution in [0.1, 0.15) is 0 Å². The Morgan fingerprint density at radius 3 is 2.83 bits per heavy atom. The van der Waals surface area contributed by atoms with Crippen LogP contribution in [0.3, 0.4) is 0 Å². The lowest BCUT2D eigenvalue weighted by atomic mass is 10.7. The summed E-state index contributed by atoms with van der Waals surface area (Å²) in [5.74, 6) is 3.09. The van der Waals surface area contributed by atoms with Gasteiger partial charge in [0.05, 0.1) is 0 Å². The van der Waals surface area contributed by atoms with E-state index in [4.69, 9.17) is 0 Å². The molecule has 0 aromatic rings. The second-order valence-electron chi connectivity index (χ2n) is 1.02. The average molecular weight is 100 g/mol. The second-order valence-corrected chi connectivity index (χ2v) is 1.92. The summed E-state index contributed by atoms with van der Waals surface area (Å²) in [6.45, 7) is 0. The summed E-state index contributed by atoms with van der Waals surface area (Å²) in [7, 11) is 0. The van der Waals surface area contributed by atoms with Crippen LogP contribution in [0.4, 0.5) is 0 Å². The van der Waals surface area contributed by atoms with Gasteiger partial charge in [-0.25, -0.2) is 0 Å². The van der Waals surface area contributed by atoms with Crippen LogP contribution in [0.25, 0.3) is 0 Å². The molecule has 0 bridgehead atoms. The Kier molecular flexibility index (Phi) is 1.44. The zero-order chi connectivity index (χ0) is 4.24. The molecule has 2 heteroatoms. The first-order valence-corrected chi connectivity index (χ1v) is 2.89. The Bertz CT molecular complexity index is 52.6. The van der Waals surface area contributed by atoms with Crippen molar-refractivity contribution in [1.29, 1.82) is 0 Å². The summed E-state index contributed by atoms with van der Waals surface area (Å²) < 4.78 is 0. The Balaban J connectivity index is 2.26. The van der Waals surface area contributed by atoms with Gasteiger partial charge >= 0.3 is 0 Å². The van der Waals surface area contributed by atoms with Gasteiger partial charge in [0.1, 0.15) is 5.88 Å². The molecule has 1 heterocycles. The van der Waals surface area contributed by atoms with Crippen LogP contribution in [0, 0.1) is 5.88 Å². The molecule has 6 heavy (non-hydrogen) atoms. The first-order valence-electron chi connectivity index (χ1n) is 1.84. The Morgan fingerprint density at radius 1 is 1.67 bits per heavy atom. The van der Waals surface area contributed by atoms with Crippen LogP contribution < -0.4 is 5.32 Å². The molecule has 1 nitrogen and oxygen atoms in total. The number of rotatable bonds is 0. The number of nitrogens with one attached hydrogen (secondary N) is 1. The summed E-state index contributed by atoms with van der Waals surface area (Å²) >= 11 is 1.77. The van der Waals surface area contributed by atoms with Crippen LogP contribution in [-0.2, 0) is 0 Å². The average Bonchev–Trinajstić information content (AvgIpc) is 1.72. The van der Waals surface area contributed by atoms with Crippen molar-refractivity contribution in [3.05, 3.63) is 18.2 Å². The van der Waals surface area contributed by atoms with E-state index in [2.05, 4.69) is 11.4 Å². The zero-order valence-corrected chi connectivity index (χ0v) is 4.16. The van der Waals surface area contributed by atoms with Crippen molar-refractivity contribution in [3.8, 4) is 0 Å². The van der Waals surface area contributed by atoms with Gasteiger partial charge in [-0.1, -0.05) is 6.08 Å². The van der Waals surface area contributed by atoms with Gasteiger partial charge in [0.2, 0.25) is 0 Å². The van der Waals surface area contributed by atoms with Gasteiger partial charge in [-0.05, 0) is 6.20 Å². The molecular weight excluding hydrogens is 94.1 g/mol. The number of thioether (sulfide) groups is 1. The van der Waals surface area contributed by atoms with Gasteiger partial charge in [-0.3, -0.25) is 0 Å². The van der Waals surface area contributed by atoms with E-state index in [9.17, 15) is 0 Å². The molecule has 0 aromatic heterocycles. The molecule has 1 N–H and O–H groups in total. The zero-order valence-electron chi connectivity index (χ0n) is 3.35. The summed E-state index contributed by atoms with van der Waals surface area (Å²) in [6.07, 6.45) is 4.03. The maximum Gasteiger partial charge on any atom is 0.102 e. The van der Waals surface area contributed by atoms with E-state index < -0.39 is 0 Å². The molecule has 0 fully saturated rings. The van der Waals surface area contributed by atoms with Gasteiger partial charge in [0, 0.05) is 5.75 Å². The Morgan fingerprint density at radius 2 is 2.67 bits per heavy atom. The Hall–Kier alpha value is -0.110. The molecule has 1 rings (SSSR count). The maximum absolute atomic E-state index is 2.94. The van der Waals surface area contributed by atoms with E-state index in [1.807, 2.05) is 12.1 Å². The highest BCUT2D eigenvalue weighted by Gasteiger charge is 1.85. The quantitative estimate of drug-likeness (QED) is 0.486. The van der Waals surface area contributed by atoms with E-state index in [0.717, 1.165) is 5.75 Å². The highest BCUT2D eigenvalue weighted by Crippen LogP contribution is 2.04. The lowest BCUT2D eigenvalue weighted by Gasteiger charge is -2.00. The Labute approximate surface area is 41.8 Å². The van der Waals surface area contributed by atoms with Gasteiger partial charge in [-0.2, -0.15) is 0 Å². The summed E-state index contributed by atoms with van der Waals surface area (Å²) in [6, 6.07) is 0. The molecule has 1 radical (unpaired) electrons. The monoisotopic (exact) mass is 100 g/mol. The molecular formula is C4H6NS. The van der Waals surface area contributed by atoms with Crippen molar-refractivity contribution >= 4 is 11.8 Å². The van der Waals surface area contributed by atoms with Crippen molar-refractivity contribution in [3.63, 3.8) is 0 Å². The molecule has 0 saturated carbocycles. The van der Waals surface area contributed by atoms with E-state index in [0.29, 0.717) is 0 Å². The molecule has 0 atom stereocenters. The van der Waals surface area contributed by atoms with E-state index in [1.54, 1.807) is 11.8 Å². The van der Waals surface area contributed by atoms with Crippen LogP contribution >= 0.6 is 11.8 Å². The molecule has 0 spiro atoms. The molecule has 0 unspecified atom stereocenters. The normalized spacial score (nSPS) is 20.0. The van der Waals surface area contributed by atoms with Crippen molar-refractivity contribution < 1.29 is 0 Å². The topological polar surface area (TPSA) is 12.0 Å². The third-order valence-corrected chi connectivity index (χ3v) is 1.25. The lowest BCUT2D eigenvalue weighted by Crippen LogP contribution is -2.00. The molecule has 1 aliphatic heterocycles. The standard InChI is InChI=1S/C4H6NS/c1-2-5-4-6-3-1/h1-2,4-5H,3H2. The van der Waals surface area contributed by atoms with Gasteiger partial charge < -0.3 is 5.32 Å². The van der Waals surface area contributed by atoms with E-state index >= 15 is 0 Å². The molecule has 1 aliphatic rings. The van der Waals surface area contributed by atoms with E-state index in [1.165, 1.54) is 0 Å². The predicted octanol–water partition coefficient (Wildman–Crippen LogP) is 0.956. The van der Waals surface area contributed by atoms with E-state index in [-0.39, 0.29) is 0 Å². The van der Waals surface area contributed by atoms with Crippen LogP contribution in [0.2, 0.25) is 0 Å². The molecule has 0 amide bonds. The summed E-state index contributed by atoms with van der Waals surface area (Å²) in [4.78, 5) is 0. The third-order valence-electron chi connectivity index (χ3n) is 0.558. The van der Waals surface area contributed by atoms with Crippen molar-refractivity contribution in [2.45, 2.75) is 0 Å². The smallest absolute Gasteiger partial charge is 0.102 e. The lowest BCUT2D eigenvalue weighted by molar-refractivity contribution is 1.15. The fourth-order valence-corrected chi connectivity index (χ4v) is 0.786. The minimum atomic E-state index is 1.12. The fraction of sp³-hybridized carbons (Fsp3) is 0.250. The fourth-order valence-electron chi connectivity index (χ4n) is 0.307. The highest BCUT2D eigenvalue weighted by atomic mass is 32.2. The first kappa shape index (κ1) is 4.06. The van der Waals surface area contributed by atoms with Crippen molar-refractivity contribution in [2.75, 3.05) is 5.75 Å². The number of hydrogen-bond donors (Lipinski definition) is 1. The third kappa shape index (κ3) is 0.937. The summed E-state index contributed by atoms with van der Waals surface area (Å²) in [5.41, 5.74) is 0. The highest BCUT2D eigenvalue weighted by molar-refractivity contribution is 8.01. The summed E-state index contributed by atoms with van der Waals surface area (Å²) in [5, 5.41) is 2.94. The molecule has 0 aliphatic carbocycles. The van der Waals surface area contributed by atoms with Crippen molar-refractivity contribution in [2.24, 2.45) is 0 Å².